The van der Waals surface area contributed by atoms with E-state index in [2.05, 4.69) is 15.5 Å². The molecule has 1 N–H and O–H groups in total. The maximum atomic E-state index is 13.3. The van der Waals surface area contributed by atoms with Crippen molar-refractivity contribution in [1.29, 1.82) is 0 Å². The molecule has 7 nitrogen and oxygen atoms in total. The van der Waals surface area contributed by atoms with Crippen LogP contribution in [0.2, 0.25) is 0 Å². The number of hydrogen-bond donors (Lipinski definition) is 1. The smallest absolute Gasteiger partial charge is 0.259 e. The van der Waals surface area contributed by atoms with Gasteiger partial charge < -0.3 is 14.7 Å². The third kappa shape index (κ3) is 3.76. The summed E-state index contributed by atoms with van der Waals surface area (Å²) < 4.78 is 5.52. The number of hydrogen-bond acceptors (Lipinski definition) is 6. The predicted molar refractivity (Wildman–Crippen MR) is 130 cm³/mol. The van der Waals surface area contributed by atoms with Gasteiger partial charge in [-0.1, -0.05) is 29.1 Å². The number of nitrogens with one attached hydrogen (secondary N) is 1. The maximum absolute atomic E-state index is 13.3. The summed E-state index contributed by atoms with van der Waals surface area (Å²) in [5.74, 6) is 0.804. The molecule has 0 bridgehead atoms. The molecule has 2 aliphatic rings. The van der Waals surface area contributed by atoms with Gasteiger partial charge in [-0.25, -0.2) is 0 Å². The van der Waals surface area contributed by atoms with Crippen molar-refractivity contribution in [3.63, 3.8) is 0 Å². The zero-order valence-corrected chi connectivity index (χ0v) is 19.1. The summed E-state index contributed by atoms with van der Waals surface area (Å²) >= 11 is 1.59. The number of aromatic nitrogens is 2. The summed E-state index contributed by atoms with van der Waals surface area (Å²) in [5.41, 5.74) is 3.94. The Morgan fingerprint density at radius 2 is 1.79 bits per heavy atom. The fraction of sp³-hybridized carbons (Fsp3) is 0.154. The summed E-state index contributed by atoms with van der Waals surface area (Å²) in [6.07, 6.45) is 2.05. The van der Waals surface area contributed by atoms with Gasteiger partial charge in [0.2, 0.25) is 11.7 Å². The van der Waals surface area contributed by atoms with E-state index in [1.807, 2.05) is 59.5 Å². The molecule has 0 atom stereocenters. The minimum atomic E-state index is -0.126. The number of amides is 2. The quantitative estimate of drug-likeness (QED) is 0.417. The van der Waals surface area contributed by atoms with E-state index in [-0.39, 0.29) is 17.9 Å². The van der Waals surface area contributed by atoms with Crippen LogP contribution in [-0.2, 0) is 4.79 Å². The first-order valence-corrected chi connectivity index (χ1v) is 11.8. The molecular weight excluding hydrogens is 448 g/mol. The highest BCUT2D eigenvalue weighted by Gasteiger charge is 2.38. The van der Waals surface area contributed by atoms with Gasteiger partial charge in [0, 0.05) is 39.6 Å². The van der Waals surface area contributed by atoms with Crippen LogP contribution < -0.4 is 10.2 Å². The van der Waals surface area contributed by atoms with E-state index in [0.29, 0.717) is 17.4 Å². The van der Waals surface area contributed by atoms with E-state index in [1.54, 1.807) is 23.9 Å². The number of benzene rings is 3. The highest BCUT2D eigenvalue weighted by Crippen LogP contribution is 2.46. The Bertz CT molecular complexity index is 1430. The maximum Gasteiger partial charge on any atom is 0.259 e. The van der Waals surface area contributed by atoms with Crippen LogP contribution >= 0.6 is 11.8 Å². The van der Waals surface area contributed by atoms with Gasteiger partial charge in [-0.2, -0.15) is 4.98 Å². The fourth-order valence-corrected chi connectivity index (χ4v) is 5.18. The van der Waals surface area contributed by atoms with Crippen molar-refractivity contribution in [2.75, 3.05) is 10.2 Å². The van der Waals surface area contributed by atoms with Crippen molar-refractivity contribution in [3.8, 4) is 22.8 Å². The summed E-state index contributed by atoms with van der Waals surface area (Å²) in [6, 6.07) is 21.2. The van der Waals surface area contributed by atoms with Crippen LogP contribution in [0.5, 0.6) is 0 Å². The van der Waals surface area contributed by atoms with Crippen molar-refractivity contribution >= 4 is 35.0 Å². The number of anilines is 2. The van der Waals surface area contributed by atoms with Crippen molar-refractivity contribution in [1.82, 2.24) is 10.1 Å². The molecule has 6 rings (SSSR count). The second-order valence-electron chi connectivity index (χ2n) is 8.37. The summed E-state index contributed by atoms with van der Waals surface area (Å²) in [4.78, 5) is 33.0. The van der Waals surface area contributed by atoms with Gasteiger partial charge in [-0.05, 0) is 67.4 Å². The SMILES string of the molecule is CC(=O)Nc1ccc(-c2nc(-c3ccc4c(c3)Sc3ccccc3C(=O)N4C3CC3)no2)cc1. The topological polar surface area (TPSA) is 88.3 Å². The third-order valence-corrected chi connectivity index (χ3v) is 6.95. The predicted octanol–water partition coefficient (Wildman–Crippen LogP) is 5.64. The molecule has 0 radical (unpaired) electrons. The van der Waals surface area contributed by atoms with Gasteiger partial charge in [0.05, 0.1) is 11.3 Å². The van der Waals surface area contributed by atoms with Crippen LogP contribution in [0.3, 0.4) is 0 Å². The number of rotatable bonds is 4. The lowest BCUT2D eigenvalue weighted by molar-refractivity contribution is -0.114. The van der Waals surface area contributed by atoms with Crippen LogP contribution in [0.1, 0.15) is 30.1 Å². The van der Waals surface area contributed by atoms with Crippen molar-refractivity contribution in [2.45, 2.75) is 35.6 Å². The first kappa shape index (κ1) is 20.7. The molecule has 4 aromatic rings. The summed E-state index contributed by atoms with van der Waals surface area (Å²) in [6.45, 7) is 1.47. The monoisotopic (exact) mass is 468 g/mol. The summed E-state index contributed by atoms with van der Waals surface area (Å²) in [5, 5.41) is 6.92. The molecule has 0 saturated heterocycles. The molecule has 0 spiro atoms. The normalized spacial score (nSPS) is 14.9. The van der Waals surface area contributed by atoms with E-state index in [4.69, 9.17) is 4.52 Å². The Labute approximate surface area is 200 Å². The van der Waals surface area contributed by atoms with Gasteiger partial charge in [0.25, 0.3) is 11.8 Å². The molecule has 1 fully saturated rings. The van der Waals surface area contributed by atoms with Crippen LogP contribution in [-0.4, -0.2) is 28.0 Å². The lowest BCUT2D eigenvalue weighted by atomic mass is 10.1. The van der Waals surface area contributed by atoms with Crippen LogP contribution in [0, 0.1) is 0 Å². The molecule has 0 unspecified atom stereocenters. The van der Waals surface area contributed by atoms with E-state index >= 15 is 0 Å². The molecule has 1 aliphatic carbocycles. The minimum absolute atomic E-state index is 0.0571. The van der Waals surface area contributed by atoms with E-state index in [9.17, 15) is 9.59 Å². The fourth-order valence-electron chi connectivity index (χ4n) is 4.08. The van der Waals surface area contributed by atoms with Crippen LogP contribution in [0.15, 0.2) is 81.0 Å². The number of carbonyl (C=O) groups is 2. The molecule has 2 amide bonds. The molecule has 34 heavy (non-hydrogen) atoms. The second-order valence-corrected chi connectivity index (χ2v) is 9.45. The molecule has 1 saturated carbocycles. The lowest BCUT2D eigenvalue weighted by Crippen LogP contribution is -2.32. The zero-order chi connectivity index (χ0) is 23.2. The first-order valence-electron chi connectivity index (χ1n) is 11.0. The summed E-state index contributed by atoms with van der Waals surface area (Å²) in [7, 11) is 0. The molecule has 168 valence electrons. The molecule has 1 aromatic heterocycles. The van der Waals surface area contributed by atoms with Gasteiger partial charge in [-0.15, -0.1) is 0 Å². The van der Waals surface area contributed by atoms with Gasteiger partial charge in [0.1, 0.15) is 0 Å². The number of fused-ring (bicyclic) bond motifs is 2. The Balaban J connectivity index is 1.34. The zero-order valence-electron chi connectivity index (χ0n) is 18.3. The van der Waals surface area contributed by atoms with Crippen molar-refractivity contribution in [2.24, 2.45) is 0 Å². The van der Waals surface area contributed by atoms with Gasteiger partial charge in [0.15, 0.2) is 0 Å². The third-order valence-electron chi connectivity index (χ3n) is 5.82. The second kappa shape index (κ2) is 8.14. The Hall–Kier alpha value is -3.91. The first-order chi connectivity index (χ1) is 16.6. The minimum Gasteiger partial charge on any atom is -0.334 e. The van der Waals surface area contributed by atoms with E-state index < -0.39 is 0 Å². The molecule has 2 heterocycles. The van der Waals surface area contributed by atoms with Crippen LogP contribution in [0.25, 0.3) is 22.8 Å². The highest BCUT2D eigenvalue weighted by molar-refractivity contribution is 7.99. The molecular formula is C26H20N4O3S. The molecule has 1 aliphatic heterocycles. The molecule has 8 heteroatoms. The van der Waals surface area contributed by atoms with Gasteiger partial charge >= 0.3 is 0 Å². The largest absolute Gasteiger partial charge is 0.334 e. The number of nitrogens with zero attached hydrogens (tertiary/aromatic N) is 3. The Morgan fingerprint density at radius 3 is 2.56 bits per heavy atom. The highest BCUT2D eigenvalue weighted by atomic mass is 32.2. The van der Waals surface area contributed by atoms with E-state index in [1.165, 1.54) is 6.92 Å². The van der Waals surface area contributed by atoms with Crippen molar-refractivity contribution in [3.05, 3.63) is 72.3 Å². The number of carbonyl (C=O) groups excluding carboxylic acids is 2. The average molecular weight is 469 g/mol. The average Bonchev–Trinajstić information content (AvgIpc) is 3.56. The Kier molecular flexibility index (Phi) is 4.95. The standard InChI is InChI=1S/C26H20N4O3S/c1-15(31)27-18-9-6-16(7-10-18)25-28-24(29-33-25)17-8-13-21-23(14-17)34-22-5-3-2-4-20(22)26(32)30(21)19-11-12-19/h2-10,13-14,19H,11-12H2,1H3,(H,27,31). The van der Waals surface area contributed by atoms with Crippen molar-refractivity contribution < 1.29 is 14.1 Å². The van der Waals surface area contributed by atoms with Crippen LogP contribution in [0.4, 0.5) is 11.4 Å². The Morgan fingerprint density at radius 1 is 1.03 bits per heavy atom. The molecule has 3 aromatic carbocycles. The van der Waals surface area contributed by atoms with E-state index in [0.717, 1.165) is 45.0 Å². The van der Waals surface area contributed by atoms with Gasteiger partial charge in [-0.3, -0.25) is 9.59 Å². The lowest BCUT2D eigenvalue weighted by Gasteiger charge is -2.22.